The number of nitrogens with zero attached hydrogens (tertiary/aromatic N) is 2. The number of aromatic carboxylic acids is 1. The number of nitrogens with one attached hydrogen (secondary N) is 1. The van der Waals surface area contributed by atoms with Crippen LogP contribution < -0.4 is 5.32 Å². The van der Waals surface area contributed by atoms with Gasteiger partial charge in [-0.2, -0.15) is 0 Å². The molecule has 0 aliphatic heterocycles. The topological polar surface area (TPSA) is 66.6 Å². The molecule has 2 heterocycles. The fourth-order valence-electron chi connectivity index (χ4n) is 1.25. The van der Waals surface area contributed by atoms with E-state index in [-0.39, 0.29) is 5.69 Å². The van der Waals surface area contributed by atoms with Crippen molar-refractivity contribution in [3.8, 4) is 0 Å². The van der Waals surface area contributed by atoms with E-state index in [0.717, 1.165) is 5.69 Å². The van der Waals surface area contributed by atoms with E-state index in [1.54, 1.807) is 16.0 Å². The van der Waals surface area contributed by atoms with Crippen LogP contribution in [0, 0.1) is 0 Å². The zero-order valence-electron chi connectivity index (χ0n) is 7.52. The number of carboxylic acid groups (broad SMARTS) is 1. The van der Waals surface area contributed by atoms with Crippen LogP contribution in [0.5, 0.6) is 0 Å². The molecule has 0 atom stereocenters. The van der Waals surface area contributed by atoms with Crippen LogP contribution in [0.1, 0.15) is 16.2 Å². The molecule has 0 aromatic carbocycles. The first-order chi connectivity index (χ1) is 6.72. The minimum Gasteiger partial charge on any atom is -0.477 e. The molecule has 6 heteroatoms. The number of thiazole rings is 1. The Morgan fingerprint density at radius 3 is 3.21 bits per heavy atom. The molecule has 0 radical (unpaired) electrons. The normalized spacial score (nSPS) is 10.9. The Kier molecular flexibility index (Phi) is 2.22. The SMILES string of the molecule is CNCc1cn2c(C(=O)O)csc2n1. The highest BCUT2D eigenvalue weighted by molar-refractivity contribution is 7.15. The smallest absolute Gasteiger partial charge is 0.353 e. The number of hydrogen-bond donors (Lipinski definition) is 2. The summed E-state index contributed by atoms with van der Waals surface area (Å²) in [5, 5.41) is 13.4. The third-order valence-corrected chi connectivity index (χ3v) is 2.68. The van der Waals surface area contributed by atoms with E-state index in [1.807, 2.05) is 7.05 Å². The molecule has 0 aliphatic rings. The third kappa shape index (κ3) is 1.38. The lowest BCUT2D eigenvalue weighted by Crippen LogP contribution is -2.05. The lowest BCUT2D eigenvalue weighted by atomic mass is 10.4. The van der Waals surface area contributed by atoms with Crippen molar-refractivity contribution in [2.45, 2.75) is 6.54 Å². The number of carboxylic acids is 1. The summed E-state index contributed by atoms with van der Waals surface area (Å²) in [4.78, 5) is 15.8. The molecule has 0 saturated heterocycles. The van der Waals surface area contributed by atoms with Gasteiger partial charge in [-0.05, 0) is 7.05 Å². The lowest BCUT2D eigenvalue weighted by molar-refractivity contribution is 0.0689. The number of imidazole rings is 1. The van der Waals surface area contributed by atoms with Crippen molar-refractivity contribution in [3.63, 3.8) is 0 Å². The average molecular weight is 211 g/mol. The van der Waals surface area contributed by atoms with Gasteiger partial charge >= 0.3 is 5.97 Å². The summed E-state index contributed by atoms with van der Waals surface area (Å²) in [7, 11) is 1.82. The minimum atomic E-state index is -0.926. The van der Waals surface area contributed by atoms with Gasteiger partial charge in [-0.1, -0.05) is 0 Å². The van der Waals surface area contributed by atoms with Crippen LogP contribution in [0.4, 0.5) is 0 Å². The molecule has 0 amide bonds. The van der Waals surface area contributed by atoms with Crippen molar-refractivity contribution >= 4 is 22.3 Å². The Morgan fingerprint density at radius 2 is 2.57 bits per heavy atom. The summed E-state index contributed by atoms with van der Waals surface area (Å²) in [6.45, 7) is 0.646. The molecule has 0 unspecified atom stereocenters. The highest BCUT2D eigenvalue weighted by Crippen LogP contribution is 2.16. The Balaban J connectivity index is 2.50. The van der Waals surface area contributed by atoms with E-state index in [0.29, 0.717) is 11.5 Å². The van der Waals surface area contributed by atoms with Gasteiger partial charge < -0.3 is 10.4 Å². The number of hydrogen-bond acceptors (Lipinski definition) is 4. The van der Waals surface area contributed by atoms with E-state index in [2.05, 4.69) is 10.3 Å². The number of aromatic nitrogens is 2. The summed E-state index contributed by atoms with van der Waals surface area (Å²) in [6, 6.07) is 0. The van der Waals surface area contributed by atoms with Crippen molar-refractivity contribution in [2.75, 3.05) is 7.05 Å². The maximum Gasteiger partial charge on any atom is 0.353 e. The van der Waals surface area contributed by atoms with Gasteiger partial charge in [-0.15, -0.1) is 11.3 Å². The molecule has 5 nitrogen and oxygen atoms in total. The van der Waals surface area contributed by atoms with Gasteiger partial charge in [0.05, 0.1) is 5.69 Å². The van der Waals surface area contributed by atoms with E-state index >= 15 is 0 Å². The van der Waals surface area contributed by atoms with Crippen LogP contribution in [0.2, 0.25) is 0 Å². The van der Waals surface area contributed by atoms with Crippen LogP contribution in [-0.2, 0) is 6.54 Å². The van der Waals surface area contributed by atoms with Gasteiger partial charge in [0.2, 0.25) is 0 Å². The predicted molar refractivity (Wildman–Crippen MR) is 52.8 cm³/mol. The van der Waals surface area contributed by atoms with Crippen molar-refractivity contribution in [1.29, 1.82) is 0 Å². The molecule has 0 saturated carbocycles. The fraction of sp³-hybridized carbons (Fsp3) is 0.250. The number of rotatable bonds is 3. The molecule has 2 rings (SSSR count). The fourth-order valence-corrected chi connectivity index (χ4v) is 2.12. The van der Waals surface area contributed by atoms with E-state index in [9.17, 15) is 4.79 Å². The molecular formula is C8H9N3O2S. The predicted octanol–water partition coefficient (Wildman–Crippen LogP) is 0.813. The molecule has 0 spiro atoms. The second kappa shape index (κ2) is 3.39. The first-order valence-electron chi connectivity index (χ1n) is 4.05. The Labute approximate surface area is 84.0 Å². The molecular weight excluding hydrogens is 202 g/mol. The highest BCUT2D eigenvalue weighted by atomic mass is 32.1. The molecule has 14 heavy (non-hydrogen) atoms. The largest absolute Gasteiger partial charge is 0.477 e. The summed E-state index contributed by atoms with van der Waals surface area (Å²) >= 11 is 1.33. The second-order valence-corrected chi connectivity index (χ2v) is 3.68. The zero-order chi connectivity index (χ0) is 10.1. The van der Waals surface area contributed by atoms with Gasteiger partial charge in [-0.3, -0.25) is 4.40 Å². The first kappa shape index (κ1) is 9.17. The molecule has 0 bridgehead atoms. The Morgan fingerprint density at radius 1 is 1.79 bits per heavy atom. The Hall–Kier alpha value is -1.40. The van der Waals surface area contributed by atoms with Gasteiger partial charge in [0, 0.05) is 18.1 Å². The van der Waals surface area contributed by atoms with Crippen LogP contribution in [-0.4, -0.2) is 27.5 Å². The first-order valence-corrected chi connectivity index (χ1v) is 4.93. The quantitative estimate of drug-likeness (QED) is 0.788. The zero-order valence-corrected chi connectivity index (χ0v) is 8.34. The van der Waals surface area contributed by atoms with Crippen molar-refractivity contribution in [2.24, 2.45) is 0 Å². The van der Waals surface area contributed by atoms with Gasteiger partial charge in [0.15, 0.2) is 4.96 Å². The van der Waals surface area contributed by atoms with Crippen LogP contribution in [0.3, 0.4) is 0 Å². The van der Waals surface area contributed by atoms with Gasteiger partial charge in [0.1, 0.15) is 5.69 Å². The van der Waals surface area contributed by atoms with Gasteiger partial charge in [0.25, 0.3) is 0 Å². The van der Waals surface area contributed by atoms with E-state index < -0.39 is 5.97 Å². The highest BCUT2D eigenvalue weighted by Gasteiger charge is 2.12. The van der Waals surface area contributed by atoms with E-state index in [1.165, 1.54) is 11.3 Å². The summed E-state index contributed by atoms with van der Waals surface area (Å²) in [5.74, 6) is -0.926. The molecule has 74 valence electrons. The molecule has 2 N–H and O–H groups in total. The summed E-state index contributed by atoms with van der Waals surface area (Å²) in [6.07, 6.45) is 1.74. The Bertz CT molecular complexity index is 474. The van der Waals surface area contributed by atoms with Crippen LogP contribution in [0.15, 0.2) is 11.6 Å². The van der Waals surface area contributed by atoms with Crippen molar-refractivity contribution < 1.29 is 9.90 Å². The van der Waals surface area contributed by atoms with Crippen molar-refractivity contribution in [3.05, 3.63) is 23.0 Å². The molecule has 0 aliphatic carbocycles. The van der Waals surface area contributed by atoms with Crippen LogP contribution in [0.25, 0.3) is 4.96 Å². The monoisotopic (exact) mass is 211 g/mol. The minimum absolute atomic E-state index is 0.264. The number of carbonyl (C=O) groups is 1. The summed E-state index contributed by atoms with van der Waals surface area (Å²) < 4.78 is 1.60. The number of fused-ring (bicyclic) bond motifs is 1. The summed E-state index contributed by atoms with van der Waals surface area (Å²) in [5.41, 5.74) is 1.11. The molecule has 2 aromatic rings. The van der Waals surface area contributed by atoms with Crippen LogP contribution >= 0.6 is 11.3 Å². The molecule has 2 aromatic heterocycles. The maximum absolute atomic E-state index is 10.8. The second-order valence-electron chi connectivity index (χ2n) is 2.84. The van der Waals surface area contributed by atoms with E-state index in [4.69, 9.17) is 5.11 Å². The average Bonchev–Trinajstić information content (AvgIpc) is 2.62. The van der Waals surface area contributed by atoms with Crippen molar-refractivity contribution in [1.82, 2.24) is 14.7 Å². The third-order valence-electron chi connectivity index (χ3n) is 1.84. The lowest BCUT2D eigenvalue weighted by Gasteiger charge is -1.91. The van der Waals surface area contributed by atoms with Gasteiger partial charge in [-0.25, -0.2) is 9.78 Å². The standard InChI is InChI=1S/C8H9N3O2S/c1-9-2-5-3-11-6(7(12)13)4-14-8(11)10-5/h3-4,9H,2H2,1H3,(H,12,13). The molecule has 0 fully saturated rings. The maximum atomic E-state index is 10.8.